The van der Waals surface area contributed by atoms with Crippen LogP contribution in [0.2, 0.25) is 0 Å². The summed E-state index contributed by atoms with van der Waals surface area (Å²) in [6.45, 7) is 6.27. The summed E-state index contributed by atoms with van der Waals surface area (Å²) in [5.41, 5.74) is 9.91. The number of piperidine rings is 1. The molecule has 0 spiro atoms. The molecule has 1 aliphatic rings. The summed E-state index contributed by atoms with van der Waals surface area (Å²) in [5, 5.41) is 0. The van der Waals surface area contributed by atoms with Crippen LogP contribution in [0.4, 0.5) is 4.79 Å². The molecule has 110 valence electrons. The van der Waals surface area contributed by atoms with Gasteiger partial charge >= 0.3 is 6.09 Å². The van der Waals surface area contributed by atoms with E-state index in [9.17, 15) is 4.79 Å². The molecule has 1 heterocycles. The molecule has 1 aromatic rings. The van der Waals surface area contributed by atoms with Crippen molar-refractivity contribution in [3.63, 3.8) is 0 Å². The molecule has 2 rings (SSSR count). The number of amides is 1. The number of carbonyl (C=O) groups is 1. The van der Waals surface area contributed by atoms with Gasteiger partial charge in [0.25, 0.3) is 0 Å². The van der Waals surface area contributed by atoms with E-state index in [0.29, 0.717) is 24.9 Å². The Morgan fingerprint density at radius 3 is 2.80 bits per heavy atom. The number of ether oxygens (including phenoxy) is 1. The Bertz CT molecular complexity index is 487. The van der Waals surface area contributed by atoms with Gasteiger partial charge < -0.3 is 15.4 Å². The molecule has 0 aliphatic carbocycles. The van der Waals surface area contributed by atoms with Crippen molar-refractivity contribution in [3.8, 4) is 0 Å². The van der Waals surface area contributed by atoms with Crippen LogP contribution in [-0.2, 0) is 4.74 Å². The largest absolute Gasteiger partial charge is 0.453 e. The average molecular weight is 276 g/mol. The summed E-state index contributed by atoms with van der Waals surface area (Å²) in [6, 6.07) is 6.59. The number of aryl methyl sites for hydroxylation is 2. The lowest BCUT2D eigenvalue weighted by molar-refractivity contribution is 0.0970. The monoisotopic (exact) mass is 276 g/mol. The third kappa shape index (κ3) is 2.96. The van der Waals surface area contributed by atoms with Crippen molar-refractivity contribution in [3.05, 3.63) is 34.9 Å². The lowest BCUT2D eigenvalue weighted by Crippen LogP contribution is -2.45. The first kappa shape index (κ1) is 14.9. The molecule has 1 aromatic carbocycles. The molecule has 0 saturated carbocycles. The highest BCUT2D eigenvalue weighted by molar-refractivity contribution is 5.67. The molecule has 0 bridgehead atoms. The Balaban J connectivity index is 2.19. The van der Waals surface area contributed by atoms with Gasteiger partial charge in [0.15, 0.2) is 0 Å². The lowest BCUT2D eigenvalue weighted by atomic mass is 9.78. The third-order valence-electron chi connectivity index (χ3n) is 4.29. The number of rotatable bonds is 2. The molecule has 1 fully saturated rings. The second-order valence-corrected chi connectivity index (χ2v) is 5.67. The fourth-order valence-corrected chi connectivity index (χ4v) is 3.22. The van der Waals surface area contributed by atoms with E-state index in [0.717, 1.165) is 13.0 Å². The number of hydrogen-bond donors (Lipinski definition) is 1. The van der Waals surface area contributed by atoms with E-state index in [1.54, 1.807) is 4.90 Å². The Kier molecular flexibility index (Phi) is 4.65. The van der Waals surface area contributed by atoms with Gasteiger partial charge in [-0.2, -0.15) is 0 Å². The second kappa shape index (κ2) is 6.27. The molecule has 2 unspecified atom stereocenters. The standard InChI is InChI=1S/C16H24N2O2/c1-11-4-5-14(12(2)8-11)15-6-7-18(16(19)20-3)10-13(15)9-17/h4-5,8,13,15H,6-7,9-10,17H2,1-3H3. The zero-order chi connectivity index (χ0) is 14.7. The molecule has 0 aromatic heterocycles. The third-order valence-corrected chi connectivity index (χ3v) is 4.29. The van der Waals surface area contributed by atoms with Gasteiger partial charge in [-0.25, -0.2) is 4.79 Å². The minimum Gasteiger partial charge on any atom is -0.453 e. The number of benzene rings is 1. The summed E-state index contributed by atoms with van der Waals surface area (Å²) in [6.07, 6.45) is 0.698. The van der Waals surface area contributed by atoms with Gasteiger partial charge in [-0.15, -0.1) is 0 Å². The zero-order valence-corrected chi connectivity index (χ0v) is 12.6. The maximum Gasteiger partial charge on any atom is 0.409 e. The Morgan fingerprint density at radius 1 is 1.45 bits per heavy atom. The number of nitrogens with two attached hydrogens (primary N) is 1. The smallest absolute Gasteiger partial charge is 0.409 e. The number of likely N-dealkylation sites (tertiary alicyclic amines) is 1. The van der Waals surface area contributed by atoms with E-state index in [1.165, 1.54) is 23.8 Å². The van der Waals surface area contributed by atoms with Crippen molar-refractivity contribution in [1.82, 2.24) is 4.90 Å². The number of hydrogen-bond acceptors (Lipinski definition) is 3. The Hall–Kier alpha value is -1.55. The van der Waals surface area contributed by atoms with Crippen LogP contribution in [0.15, 0.2) is 18.2 Å². The van der Waals surface area contributed by atoms with Gasteiger partial charge in [0.1, 0.15) is 0 Å². The van der Waals surface area contributed by atoms with Crippen molar-refractivity contribution < 1.29 is 9.53 Å². The number of carbonyl (C=O) groups excluding carboxylic acids is 1. The van der Waals surface area contributed by atoms with Crippen molar-refractivity contribution in [2.24, 2.45) is 11.7 Å². The van der Waals surface area contributed by atoms with Crippen LogP contribution >= 0.6 is 0 Å². The van der Waals surface area contributed by atoms with Crippen molar-refractivity contribution in [2.75, 3.05) is 26.7 Å². The Morgan fingerprint density at radius 2 is 2.20 bits per heavy atom. The van der Waals surface area contributed by atoms with Gasteiger partial charge in [-0.05, 0) is 49.8 Å². The van der Waals surface area contributed by atoms with Gasteiger partial charge in [0.2, 0.25) is 0 Å². The van der Waals surface area contributed by atoms with E-state index >= 15 is 0 Å². The first-order chi connectivity index (χ1) is 9.56. The minimum atomic E-state index is -0.248. The highest BCUT2D eigenvalue weighted by atomic mass is 16.5. The molecule has 4 nitrogen and oxygen atoms in total. The van der Waals surface area contributed by atoms with E-state index in [1.807, 2.05) is 0 Å². The minimum absolute atomic E-state index is 0.248. The summed E-state index contributed by atoms with van der Waals surface area (Å²) in [7, 11) is 1.43. The maximum absolute atomic E-state index is 11.6. The lowest BCUT2D eigenvalue weighted by Gasteiger charge is -2.38. The zero-order valence-electron chi connectivity index (χ0n) is 12.6. The summed E-state index contributed by atoms with van der Waals surface area (Å²) in [5.74, 6) is 0.728. The first-order valence-corrected chi connectivity index (χ1v) is 7.17. The molecule has 20 heavy (non-hydrogen) atoms. The van der Waals surface area contributed by atoms with Gasteiger partial charge in [-0.3, -0.25) is 0 Å². The van der Waals surface area contributed by atoms with Crippen LogP contribution in [-0.4, -0.2) is 37.7 Å². The Labute approximate surface area is 120 Å². The van der Waals surface area contributed by atoms with Crippen LogP contribution in [0.1, 0.15) is 29.0 Å². The SMILES string of the molecule is COC(=O)N1CCC(c2ccc(C)cc2C)C(CN)C1. The van der Waals surface area contributed by atoms with Crippen LogP contribution in [0.3, 0.4) is 0 Å². The van der Waals surface area contributed by atoms with E-state index in [2.05, 4.69) is 32.0 Å². The molecule has 1 amide bonds. The summed E-state index contributed by atoms with van der Waals surface area (Å²) >= 11 is 0. The van der Waals surface area contributed by atoms with Gasteiger partial charge in [0, 0.05) is 13.1 Å². The highest BCUT2D eigenvalue weighted by Gasteiger charge is 2.32. The fourth-order valence-electron chi connectivity index (χ4n) is 3.22. The molecule has 0 radical (unpaired) electrons. The highest BCUT2D eigenvalue weighted by Crippen LogP contribution is 2.34. The van der Waals surface area contributed by atoms with E-state index < -0.39 is 0 Å². The first-order valence-electron chi connectivity index (χ1n) is 7.17. The quantitative estimate of drug-likeness (QED) is 0.902. The van der Waals surface area contributed by atoms with Crippen molar-refractivity contribution in [2.45, 2.75) is 26.2 Å². The predicted octanol–water partition coefficient (Wildman–Crippen LogP) is 2.43. The van der Waals surface area contributed by atoms with E-state index in [4.69, 9.17) is 10.5 Å². The van der Waals surface area contributed by atoms with Gasteiger partial charge in [0.05, 0.1) is 7.11 Å². The molecule has 2 atom stereocenters. The summed E-state index contributed by atoms with van der Waals surface area (Å²) < 4.78 is 4.81. The number of methoxy groups -OCH3 is 1. The van der Waals surface area contributed by atoms with Crippen molar-refractivity contribution in [1.29, 1.82) is 0 Å². The average Bonchev–Trinajstić information content (AvgIpc) is 2.46. The molecule has 1 aliphatic heterocycles. The van der Waals surface area contributed by atoms with Crippen LogP contribution in [0.25, 0.3) is 0 Å². The fraction of sp³-hybridized carbons (Fsp3) is 0.562. The van der Waals surface area contributed by atoms with E-state index in [-0.39, 0.29) is 6.09 Å². The number of nitrogens with zero attached hydrogens (tertiary/aromatic N) is 1. The molecule has 2 N–H and O–H groups in total. The van der Waals surface area contributed by atoms with Gasteiger partial charge in [-0.1, -0.05) is 23.8 Å². The van der Waals surface area contributed by atoms with Crippen LogP contribution in [0.5, 0.6) is 0 Å². The molecule has 4 heteroatoms. The predicted molar refractivity (Wildman–Crippen MR) is 79.8 cm³/mol. The normalized spacial score (nSPS) is 22.7. The maximum atomic E-state index is 11.6. The van der Waals surface area contributed by atoms with Crippen LogP contribution < -0.4 is 5.73 Å². The second-order valence-electron chi connectivity index (χ2n) is 5.67. The molecule has 1 saturated heterocycles. The van der Waals surface area contributed by atoms with Crippen LogP contribution in [0, 0.1) is 19.8 Å². The molecular formula is C16H24N2O2. The van der Waals surface area contributed by atoms with Crippen molar-refractivity contribution >= 4 is 6.09 Å². The topological polar surface area (TPSA) is 55.6 Å². The summed E-state index contributed by atoms with van der Waals surface area (Å²) in [4.78, 5) is 13.4. The molecular weight excluding hydrogens is 252 g/mol.